The van der Waals surface area contributed by atoms with E-state index in [0.717, 1.165) is 45.4 Å². The van der Waals surface area contributed by atoms with Gasteiger partial charge in [-0.05, 0) is 31.8 Å². The molecule has 3 aliphatic heterocycles. The molecule has 0 saturated carbocycles. The lowest BCUT2D eigenvalue weighted by atomic mass is 9.95. The van der Waals surface area contributed by atoms with E-state index in [1.807, 2.05) is 4.90 Å². The Labute approximate surface area is 165 Å². The van der Waals surface area contributed by atoms with Crippen molar-refractivity contribution in [2.45, 2.75) is 44.4 Å². The number of carbonyl (C=O) groups excluding carboxylic acids is 1. The van der Waals surface area contributed by atoms with Gasteiger partial charge in [-0.1, -0.05) is 18.2 Å². The molecule has 0 aromatic carbocycles. The van der Waals surface area contributed by atoms with Crippen molar-refractivity contribution in [1.29, 1.82) is 0 Å². The van der Waals surface area contributed by atoms with Crippen molar-refractivity contribution in [3.05, 3.63) is 22.9 Å². The number of fused-ring (bicyclic) bond motifs is 1. The van der Waals surface area contributed by atoms with E-state index in [1.54, 1.807) is 6.92 Å². The average molecular weight is 397 g/mol. The van der Waals surface area contributed by atoms with Crippen molar-refractivity contribution >= 4 is 23.8 Å². The van der Waals surface area contributed by atoms with E-state index in [9.17, 15) is 4.79 Å². The molecule has 8 heteroatoms. The molecule has 1 amide bonds. The molecule has 0 unspecified atom stereocenters. The lowest BCUT2D eigenvalue weighted by Crippen LogP contribution is -2.60. The molecule has 3 heterocycles. The monoisotopic (exact) mass is 396 g/mol. The van der Waals surface area contributed by atoms with Gasteiger partial charge < -0.3 is 20.1 Å². The van der Waals surface area contributed by atoms with Crippen LogP contribution in [0.1, 0.15) is 26.2 Å². The van der Waals surface area contributed by atoms with Gasteiger partial charge in [0.2, 0.25) is 0 Å². The fraction of sp³-hybridized carbons (Fsp3) is 0.684. The van der Waals surface area contributed by atoms with Crippen LogP contribution in [0.5, 0.6) is 0 Å². The number of morpholine rings is 1. The van der Waals surface area contributed by atoms with Crippen LogP contribution < -0.4 is 5.73 Å². The molecule has 0 bridgehead atoms. The molecule has 3 saturated heterocycles. The predicted octanol–water partition coefficient (Wildman–Crippen LogP) is 1.48. The van der Waals surface area contributed by atoms with Crippen LogP contribution in [0.25, 0.3) is 0 Å². The van der Waals surface area contributed by atoms with Gasteiger partial charge in [0.25, 0.3) is 5.91 Å². The first-order valence-corrected chi connectivity index (χ1v) is 9.95. The van der Waals surface area contributed by atoms with Crippen LogP contribution in [-0.2, 0) is 14.3 Å². The van der Waals surface area contributed by atoms with E-state index in [-0.39, 0.29) is 17.7 Å². The summed E-state index contributed by atoms with van der Waals surface area (Å²) in [7, 11) is 0. The number of rotatable bonds is 4. The number of piperidine rings is 1. The zero-order valence-corrected chi connectivity index (χ0v) is 16.7. The smallest absolute Gasteiger partial charge is 0.272 e. The van der Waals surface area contributed by atoms with Crippen LogP contribution in [0.15, 0.2) is 27.9 Å². The molecule has 0 aromatic heterocycles. The molecular weight excluding hydrogens is 368 g/mol. The summed E-state index contributed by atoms with van der Waals surface area (Å²) < 4.78 is 11.4. The molecule has 0 spiro atoms. The number of aliphatic imine (C=N–C) groups is 1. The first-order chi connectivity index (χ1) is 13.0. The maximum Gasteiger partial charge on any atom is 0.272 e. The second-order valence-corrected chi connectivity index (χ2v) is 7.71. The van der Waals surface area contributed by atoms with Crippen molar-refractivity contribution in [3.63, 3.8) is 0 Å². The van der Waals surface area contributed by atoms with E-state index >= 15 is 0 Å². The lowest BCUT2D eigenvalue weighted by Gasteiger charge is -2.49. The molecule has 27 heavy (non-hydrogen) atoms. The molecule has 0 aliphatic carbocycles. The number of nitrogens with two attached hydrogens (primary N) is 1. The summed E-state index contributed by atoms with van der Waals surface area (Å²) in [6.45, 7) is 10.0. The fourth-order valence-corrected chi connectivity index (χ4v) is 4.32. The lowest BCUT2D eigenvalue weighted by molar-refractivity contribution is -0.151. The molecule has 150 valence electrons. The molecule has 2 N–H and O–H groups in total. The molecule has 3 aliphatic rings. The summed E-state index contributed by atoms with van der Waals surface area (Å²) in [4.78, 5) is 21.4. The van der Waals surface area contributed by atoms with Gasteiger partial charge in [-0.25, -0.2) is 4.99 Å². The Balaban J connectivity index is 1.63. The Kier molecular flexibility index (Phi) is 6.92. The zero-order chi connectivity index (χ0) is 19.4. The number of hydrogen-bond acceptors (Lipinski definition) is 5. The van der Waals surface area contributed by atoms with E-state index in [2.05, 4.69) is 16.5 Å². The van der Waals surface area contributed by atoms with Crippen LogP contribution in [0.3, 0.4) is 0 Å². The van der Waals surface area contributed by atoms with Gasteiger partial charge in [-0.3, -0.25) is 9.69 Å². The van der Waals surface area contributed by atoms with Crippen molar-refractivity contribution < 1.29 is 14.3 Å². The number of hydrogen-bond donors (Lipinski definition) is 1. The Morgan fingerprint density at radius 1 is 1.26 bits per heavy atom. The van der Waals surface area contributed by atoms with Crippen molar-refractivity contribution in [3.8, 4) is 0 Å². The highest BCUT2D eigenvalue weighted by molar-refractivity contribution is 6.32. The SMILES string of the molecule is C=C(Cl)/C(C)=C(\N=C/N)C(=O)N1CCC(N2CCO[C@H]3COCC[C@H]32)CC1. The van der Waals surface area contributed by atoms with Gasteiger partial charge in [0.1, 0.15) is 5.70 Å². The van der Waals surface area contributed by atoms with Crippen LogP contribution in [0, 0.1) is 0 Å². The molecule has 3 rings (SSSR count). The maximum atomic E-state index is 12.9. The van der Waals surface area contributed by atoms with Gasteiger partial charge in [-0.15, -0.1) is 0 Å². The second kappa shape index (κ2) is 9.19. The molecular formula is C19H29ClN4O3. The first-order valence-electron chi connectivity index (χ1n) is 9.57. The molecule has 3 fully saturated rings. The van der Waals surface area contributed by atoms with Crippen molar-refractivity contribution in [2.75, 3.05) is 39.5 Å². The summed E-state index contributed by atoms with van der Waals surface area (Å²) in [6, 6.07) is 0.900. The summed E-state index contributed by atoms with van der Waals surface area (Å²) in [5.41, 5.74) is 6.25. The fourth-order valence-electron chi connectivity index (χ4n) is 4.23. The van der Waals surface area contributed by atoms with E-state index in [0.29, 0.717) is 42.4 Å². The summed E-state index contributed by atoms with van der Waals surface area (Å²) in [6.07, 6.45) is 4.20. The van der Waals surface area contributed by atoms with Crippen LogP contribution in [0.4, 0.5) is 0 Å². The standard InChI is InChI=1S/C19H29ClN4O3/c1-13(14(2)20)18(22-12-21)19(25)23-6-3-15(4-7-23)24-8-10-27-17-11-26-9-5-16(17)24/h12,15-17H,2-11H2,1H3,(H2,21,22)/b18-13-/t16-,17+/m1/s1. The molecule has 0 radical (unpaired) electrons. The molecule has 2 atom stereocenters. The minimum atomic E-state index is -0.139. The summed E-state index contributed by atoms with van der Waals surface area (Å²) >= 11 is 5.96. The minimum Gasteiger partial charge on any atom is -0.390 e. The summed E-state index contributed by atoms with van der Waals surface area (Å²) in [5.74, 6) is -0.139. The third-order valence-electron chi connectivity index (χ3n) is 5.77. The van der Waals surface area contributed by atoms with E-state index in [4.69, 9.17) is 26.8 Å². The average Bonchev–Trinajstić information content (AvgIpc) is 2.70. The van der Waals surface area contributed by atoms with E-state index in [1.165, 1.54) is 0 Å². The van der Waals surface area contributed by atoms with Gasteiger partial charge in [0, 0.05) is 43.4 Å². The highest BCUT2D eigenvalue weighted by Gasteiger charge is 2.39. The zero-order valence-electron chi connectivity index (χ0n) is 15.9. The molecule has 0 aromatic rings. The third kappa shape index (κ3) is 4.54. The maximum absolute atomic E-state index is 12.9. The normalized spacial score (nSPS) is 28.7. The number of carbonyl (C=O) groups is 1. The number of ether oxygens (including phenoxy) is 2. The van der Waals surface area contributed by atoms with E-state index < -0.39 is 0 Å². The topological polar surface area (TPSA) is 80.4 Å². The third-order valence-corrected chi connectivity index (χ3v) is 6.05. The molecule has 7 nitrogen and oxygen atoms in total. The summed E-state index contributed by atoms with van der Waals surface area (Å²) in [5, 5.41) is 0.303. The number of likely N-dealkylation sites (tertiary alicyclic amines) is 1. The second-order valence-electron chi connectivity index (χ2n) is 7.26. The largest absolute Gasteiger partial charge is 0.390 e. The first kappa shape index (κ1) is 20.3. The Hall–Kier alpha value is -1.41. The van der Waals surface area contributed by atoms with Gasteiger partial charge in [-0.2, -0.15) is 0 Å². The van der Waals surface area contributed by atoms with Crippen LogP contribution >= 0.6 is 11.6 Å². The highest BCUT2D eigenvalue weighted by Crippen LogP contribution is 2.28. The van der Waals surface area contributed by atoms with Crippen LogP contribution in [-0.4, -0.2) is 79.7 Å². The number of amides is 1. The van der Waals surface area contributed by atoms with Crippen molar-refractivity contribution in [1.82, 2.24) is 9.80 Å². The van der Waals surface area contributed by atoms with Gasteiger partial charge >= 0.3 is 0 Å². The predicted molar refractivity (Wildman–Crippen MR) is 106 cm³/mol. The Morgan fingerprint density at radius 3 is 2.67 bits per heavy atom. The Morgan fingerprint density at radius 2 is 2.00 bits per heavy atom. The van der Waals surface area contributed by atoms with Crippen molar-refractivity contribution in [2.24, 2.45) is 10.7 Å². The Bertz CT molecular complexity index is 626. The quantitative estimate of drug-likeness (QED) is 0.337. The number of nitrogens with zero attached hydrogens (tertiary/aromatic N) is 3. The number of allylic oxidation sites excluding steroid dienone is 2. The van der Waals surface area contributed by atoms with Gasteiger partial charge in [0.05, 0.1) is 25.7 Å². The minimum absolute atomic E-state index is 0.139. The number of halogens is 1. The van der Waals surface area contributed by atoms with Gasteiger partial charge in [0.15, 0.2) is 0 Å². The van der Waals surface area contributed by atoms with Crippen LogP contribution in [0.2, 0.25) is 0 Å². The highest BCUT2D eigenvalue weighted by atomic mass is 35.5.